The van der Waals surface area contributed by atoms with Gasteiger partial charge in [0.2, 0.25) is 5.91 Å². The van der Waals surface area contributed by atoms with Gasteiger partial charge in [0.1, 0.15) is 0 Å². The Kier molecular flexibility index (Phi) is 6.22. The lowest BCUT2D eigenvalue weighted by Crippen LogP contribution is -2.30. The van der Waals surface area contributed by atoms with Crippen LogP contribution in [0.2, 0.25) is 0 Å². The van der Waals surface area contributed by atoms with E-state index >= 15 is 0 Å². The highest BCUT2D eigenvalue weighted by atomic mass is 79.9. The molecule has 1 aromatic carbocycles. The monoisotopic (exact) mass is 298 g/mol. The number of carbonyl (C=O) groups is 1. The molecule has 0 aliphatic carbocycles. The molecule has 94 valence electrons. The number of benzene rings is 1. The zero-order chi connectivity index (χ0) is 12.7. The van der Waals surface area contributed by atoms with Gasteiger partial charge in [-0.25, -0.2) is 0 Å². The third kappa shape index (κ3) is 6.44. The molecule has 0 fully saturated rings. The van der Waals surface area contributed by atoms with Crippen molar-refractivity contribution in [2.24, 2.45) is 0 Å². The number of hydrogen-bond acceptors (Lipinski definition) is 2. The lowest BCUT2D eigenvalue weighted by atomic mass is 10.2. The molecule has 0 radical (unpaired) electrons. The Morgan fingerprint density at radius 1 is 1.29 bits per heavy atom. The number of carbonyl (C=O) groups excluding carboxylic acids is 1. The number of halogens is 1. The molecular formula is C13H19BrN2O. The molecule has 0 unspecified atom stereocenters. The Labute approximate surface area is 111 Å². The fraction of sp³-hybridized carbons (Fsp3) is 0.462. The van der Waals surface area contributed by atoms with E-state index in [1.165, 1.54) is 0 Å². The number of nitrogens with one attached hydrogen (secondary N) is 2. The second kappa shape index (κ2) is 7.45. The van der Waals surface area contributed by atoms with Crippen LogP contribution in [0.15, 0.2) is 28.7 Å². The molecule has 2 N–H and O–H groups in total. The van der Waals surface area contributed by atoms with Crippen molar-refractivity contribution in [3.63, 3.8) is 0 Å². The Morgan fingerprint density at radius 2 is 1.94 bits per heavy atom. The van der Waals surface area contributed by atoms with Gasteiger partial charge in [0.25, 0.3) is 0 Å². The molecule has 0 saturated heterocycles. The van der Waals surface area contributed by atoms with Crippen molar-refractivity contribution >= 4 is 21.8 Å². The molecule has 0 atom stereocenters. The minimum atomic E-state index is 0.0843. The van der Waals surface area contributed by atoms with Crippen LogP contribution in [-0.2, 0) is 11.3 Å². The predicted octanol–water partition coefficient (Wildman–Crippen LogP) is 2.45. The molecule has 1 aromatic rings. The summed E-state index contributed by atoms with van der Waals surface area (Å²) < 4.78 is 1.05. The van der Waals surface area contributed by atoms with Crippen molar-refractivity contribution in [1.29, 1.82) is 0 Å². The number of amides is 1. The highest BCUT2D eigenvalue weighted by Gasteiger charge is 2.01. The van der Waals surface area contributed by atoms with Crippen LogP contribution in [-0.4, -0.2) is 18.5 Å². The average Bonchev–Trinajstić information content (AvgIpc) is 2.28. The van der Waals surface area contributed by atoms with Crippen molar-refractivity contribution in [2.75, 3.05) is 6.54 Å². The Hall–Kier alpha value is -0.870. The van der Waals surface area contributed by atoms with Gasteiger partial charge in [-0.15, -0.1) is 0 Å². The molecule has 0 aromatic heterocycles. The summed E-state index contributed by atoms with van der Waals surface area (Å²) in [6.45, 7) is 5.46. The summed E-state index contributed by atoms with van der Waals surface area (Å²) in [4.78, 5) is 11.5. The lowest BCUT2D eigenvalue weighted by molar-refractivity contribution is -0.121. The zero-order valence-corrected chi connectivity index (χ0v) is 11.9. The minimum Gasteiger partial charge on any atom is -0.352 e. The third-order valence-electron chi connectivity index (χ3n) is 2.31. The highest BCUT2D eigenvalue weighted by Crippen LogP contribution is 2.10. The fourth-order valence-electron chi connectivity index (χ4n) is 1.37. The van der Waals surface area contributed by atoms with E-state index in [1.807, 2.05) is 24.3 Å². The standard InChI is InChI=1S/C13H19BrN2O/c1-10(2)15-8-7-13(17)16-9-11-3-5-12(14)6-4-11/h3-6,10,15H,7-9H2,1-2H3,(H,16,17). The first-order valence-corrected chi connectivity index (χ1v) is 6.62. The van der Waals surface area contributed by atoms with Gasteiger partial charge in [-0.05, 0) is 17.7 Å². The average molecular weight is 299 g/mol. The van der Waals surface area contributed by atoms with Crippen molar-refractivity contribution in [3.8, 4) is 0 Å². The van der Waals surface area contributed by atoms with E-state index in [1.54, 1.807) is 0 Å². The molecule has 0 heterocycles. The zero-order valence-electron chi connectivity index (χ0n) is 10.3. The summed E-state index contributed by atoms with van der Waals surface area (Å²) in [6.07, 6.45) is 0.523. The highest BCUT2D eigenvalue weighted by molar-refractivity contribution is 9.10. The molecule has 17 heavy (non-hydrogen) atoms. The van der Waals surface area contributed by atoms with E-state index < -0.39 is 0 Å². The van der Waals surface area contributed by atoms with Gasteiger partial charge < -0.3 is 10.6 Å². The number of rotatable bonds is 6. The second-order valence-electron chi connectivity index (χ2n) is 4.26. The summed E-state index contributed by atoms with van der Waals surface area (Å²) in [5.41, 5.74) is 1.11. The maximum atomic E-state index is 11.5. The molecule has 4 heteroatoms. The van der Waals surface area contributed by atoms with Gasteiger partial charge in [0.15, 0.2) is 0 Å². The topological polar surface area (TPSA) is 41.1 Å². The first kappa shape index (κ1) is 14.2. The van der Waals surface area contributed by atoms with Crippen LogP contribution in [0.1, 0.15) is 25.8 Å². The van der Waals surface area contributed by atoms with E-state index in [0.717, 1.165) is 16.6 Å². The van der Waals surface area contributed by atoms with Crippen LogP contribution >= 0.6 is 15.9 Å². The molecule has 3 nitrogen and oxygen atoms in total. The first-order chi connectivity index (χ1) is 8.08. The van der Waals surface area contributed by atoms with Gasteiger partial charge in [-0.1, -0.05) is 41.9 Å². The largest absolute Gasteiger partial charge is 0.352 e. The maximum absolute atomic E-state index is 11.5. The van der Waals surface area contributed by atoms with Crippen LogP contribution in [0.3, 0.4) is 0 Å². The van der Waals surface area contributed by atoms with Crippen molar-refractivity contribution in [3.05, 3.63) is 34.3 Å². The summed E-state index contributed by atoms with van der Waals surface area (Å²) in [5, 5.41) is 6.11. The summed E-state index contributed by atoms with van der Waals surface area (Å²) in [5.74, 6) is 0.0843. The van der Waals surface area contributed by atoms with Gasteiger partial charge >= 0.3 is 0 Å². The van der Waals surface area contributed by atoms with Crippen LogP contribution in [0.5, 0.6) is 0 Å². The van der Waals surface area contributed by atoms with Crippen LogP contribution < -0.4 is 10.6 Å². The quantitative estimate of drug-likeness (QED) is 0.847. The van der Waals surface area contributed by atoms with E-state index in [0.29, 0.717) is 19.0 Å². The van der Waals surface area contributed by atoms with E-state index in [4.69, 9.17) is 0 Å². The molecule has 1 rings (SSSR count). The van der Waals surface area contributed by atoms with Crippen LogP contribution in [0.25, 0.3) is 0 Å². The Morgan fingerprint density at radius 3 is 2.53 bits per heavy atom. The van der Waals surface area contributed by atoms with E-state index in [2.05, 4.69) is 40.4 Å². The van der Waals surface area contributed by atoms with E-state index in [-0.39, 0.29) is 5.91 Å². The van der Waals surface area contributed by atoms with Gasteiger partial charge in [0.05, 0.1) is 0 Å². The van der Waals surface area contributed by atoms with Crippen molar-refractivity contribution in [2.45, 2.75) is 32.9 Å². The van der Waals surface area contributed by atoms with E-state index in [9.17, 15) is 4.79 Å². The first-order valence-electron chi connectivity index (χ1n) is 5.82. The fourth-order valence-corrected chi connectivity index (χ4v) is 1.63. The second-order valence-corrected chi connectivity index (χ2v) is 5.18. The summed E-state index contributed by atoms with van der Waals surface area (Å²) >= 11 is 3.38. The van der Waals surface area contributed by atoms with Gasteiger partial charge in [-0.3, -0.25) is 4.79 Å². The molecular weight excluding hydrogens is 280 g/mol. The maximum Gasteiger partial charge on any atom is 0.221 e. The van der Waals surface area contributed by atoms with Crippen LogP contribution in [0.4, 0.5) is 0 Å². The van der Waals surface area contributed by atoms with Crippen molar-refractivity contribution in [1.82, 2.24) is 10.6 Å². The van der Waals surface area contributed by atoms with Crippen molar-refractivity contribution < 1.29 is 4.79 Å². The minimum absolute atomic E-state index is 0.0843. The molecule has 1 amide bonds. The molecule has 0 spiro atoms. The number of hydrogen-bond donors (Lipinski definition) is 2. The van der Waals surface area contributed by atoms with Gasteiger partial charge in [-0.2, -0.15) is 0 Å². The summed E-state index contributed by atoms with van der Waals surface area (Å²) in [6, 6.07) is 8.37. The van der Waals surface area contributed by atoms with Gasteiger partial charge in [0, 0.05) is 30.0 Å². The Bertz CT molecular complexity index is 349. The molecule has 0 aliphatic heterocycles. The molecule has 0 aliphatic rings. The smallest absolute Gasteiger partial charge is 0.221 e. The molecule has 0 bridgehead atoms. The molecule has 0 saturated carbocycles. The third-order valence-corrected chi connectivity index (χ3v) is 2.84. The van der Waals surface area contributed by atoms with Crippen LogP contribution in [0, 0.1) is 0 Å². The lowest BCUT2D eigenvalue weighted by Gasteiger charge is -2.08. The summed E-state index contributed by atoms with van der Waals surface area (Å²) in [7, 11) is 0. The Balaban J connectivity index is 2.21. The predicted molar refractivity (Wildman–Crippen MR) is 73.7 cm³/mol. The SMILES string of the molecule is CC(C)NCCC(=O)NCc1ccc(Br)cc1. The normalized spacial score (nSPS) is 10.6.